The van der Waals surface area contributed by atoms with Gasteiger partial charge in [0.1, 0.15) is 4.99 Å². The molecule has 2 unspecified atom stereocenters. The fraction of sp³-hybridized carbons (Fsp3) is 0.947. The molecule has 0 amide bonds. The summed E-state index contributed by atoms with van der Waals surface area (Å²) in [5.41, 5.74) is -0.214. The van der Waals surface area contributed by atoms with E-state index in [4.69, 9.17) is 28.4 Å². The van der Waals surface area contributed by atoms with Gasteiger partial charge in [0.15, 0.2) is 0 Å². The molecule has 1 aliphatic carbocycles. The molecule has 0 radical (unpaired) electrons. The molecule has 1 heterocycles. The molecule has 0 aromatic heterocycles. The highest BCUT2D eigenvalue weighted by molar-refractivity contribution is 7.99. The first-order valence-corrected chi connectivity index (χ1v) is 12.2. The van der Waals surface area contributed by atoms with Crippen molar-refractivity contribution in [1.82, 2.24) is 20.4 Å². The van der Waals surface area contributed by atoms with E-state index in [1.807, 2.05) is 0 Å². The van der Waals surface area contributed by atoms with Gasteiger partial charge in [-0.2, -0.15) is 0 Å². The van der Waals surface area contributed by atoms with Gasteiger partial charge >= 0.3 is 0 Å². The average molecular weight is 439 g/mol. The van der Waals surface area contributed by atoms with Crippen molar-refractivity contribution in [3.05, 3.63) is 0 Å². The number of thioether (sulfide) groups is 1. The second-order valence-electron chi connectivity index (χ2n) is 8.76. The Bertz CT molecular complexity index is 509. The lowest BCUT2D eigenvalue weighted by Gasteiger charge is -2.52. The molecule has 0 bridgehead atoms. The second kappa shape index (κ2) is 9.75. The molecule has 2 atom stereocenters. The summed E-state index contributed by atoms with van der Waals surface area (Å²) in [5.74, 6) is 0.657. The molecule has 3 N–H and O–H groups in total. The molecule has 158 valence electrons. The summed E-state index contributed by atoms with van der Waals surface area (Å²) in [7, 11) is 0. The van der Waals surface area contributed by atoms with Crippen LogP contribution in [0.2, 0.25) is 0 Å². The Labute approximate surface area is 179 Å². The highest BCUT2D eigenvalue weighted by atomic mass is 35.5. The molecule has 5 nitrogen and oxygen atoms in total. The van der Waals surface area contributed by atoms with E-state index in [2.05, 4.69) is 49.9 Å². The molecule has 2 fully saturated rings. The van der Waals surface area contributed by atoms with Crippen LogP contribution in [0, 0.1) is 0 Å². The lowest BCUT2D eigenvalue weighted by molar-refractivity contribution is 0.131. The number of hydrogen-bond donors (Lipinski definition) is 3. The van der Waals surface area contributed by atoms with E-state index in [0.717, 1.165) is 25.7 Å². The van der Waals surface area contributed by atoms with Crippen molar-refractivity contribution >= 4 is 41.1 Å². The maximum absolute atomic E-state index is 6.99. The summed E-state index contributed by atoms with van der Waals surface area (Å²) >= 11 is 15.4. The number of hydrogen-bond acceptors (Lipinski definition) is 4. The first-order chi connectivity index (χ1) is 12.6. The Kier molecular flexibility index (Phi) is 8.45. The zero-order valence-corrected chi connectivity index (χ0v) is 19.8. The van der Waals surface area contributed by atoms with Crippen LogP contribution in [0.4, 0.5) is 0 Å². The second-order valence-corrected chi connectivity index (χ2v) is 10.8. The lowest BCUT2D eigenvalue weighted by Crippen LogP contribution is -2.80. The first-order valence-electron chi connectivity index (χ1n) is 10.3. The van der Waals surface area contributed by atoms with Crippen molar-refractivity contribution < 1.29 is 0 Å². The lowest BCUT2D eigenvalue weighted by atomic mass is 10.1. The maximum atomic E-state index is 6.99. The number of unbranched alkanes of at least 4 members (excludes halogenated alkanes) is 5. The third kappa shape index (κ3) is 7.14. The van der Waals surface area contributed by atoms with Gasteiger partial charge in [-0.15, -0.1) is 11.8 Å². The summed E-state index contributed by atoms with van der Waals surface area (Å²) < 4.78 is 1.48. The molecular weight excluding hydrogens is 401 g/mol. The molecule has 0 aromatic rings. The third-order valence-electron chi connectivity index (χ3n) is 4.76. The van der Waals surface area contributed by atoms with E-state index in [1.54, 1.807) is 11.8 Å². The summed E-state index contributed by atoms with van der Waals surface area (Å²) in [6.07, 6.45) is 12.9. The van der Waals surface area contributed by atoms with Gasteiger partial charge in [0.2, 0.25) is 11.2 Å². The van der Waals surface area contributed by atoms with Gasteiger partial charge in [-0.25, -0.2) is 14.7 Å². The highest BCUT2D eigenvalue weighted by Gasteiger charge is 2.51. The number of rotatable bonds is 10. The van der Waals surface area contributed by atoms with E-state index >= 15 is 0 Å². The summed E-state index contributed by atoms with van der Waals surface area (Å²) in [6, 6.07) is 0.357. The third-order valence-corrected chi connectivity index (χ3v) is 6.72. The van der Waals surface area contributed by atoms with Crippen molar-refractivity contribution in [3.8, 4) is 0 Å². The van der Waals surface area contributed by atoms with Crippen LogP contribution in [-0.4, -0.2) is 38.5 Å². The maximum Gasteiger partial charge on any atom is 0.245 e. The molecule has 1 saturated carbocycles. The zero-order chi connectivity index (χ0) is 20.1. The van der Waals surface area contributed by atoms with Crippen LogP contribution in [0.3, 0.4) is 0 Å². The molecule has 1 saturated heterocycles. The number of halogens is 2. The molecule has 1 aliphatic heterocycles. The molecule has 8 heteroatoms. The summed E-state index contributed by atoms with van der Waals surface area (Å²) in [5, 5.41) is 9.42. The van der Waals surface area contributed by atoms with Crippen LogP contribution in [-0.2, 0) is 0 Å². The van der Waals surface area contributed by atoms with E-state index in [9.17, 15) is 0 Å². The van der Waals surface area contributed by atoms with E-state index in [0.29, 0.717) is 12.0 Å². The summed E-state index contributed by atoms with van der Waals surface area (Å²) in [6.45, 7) is 8.49. The Morgan fingerprint density at radius 3 is 2.41 bits per heavy atom. The number of alkyl halides is 1. The number of guanidine groups is 1. The van der Waals surface area contributed by atoms with Crippen molar-refractivity contribution in [2.75, 3.05) is 6.26 Å². The minimum atomic E-state index is -1.11. The number of nitrogens with one attached hydrogen (secondary N) is 3. The van der Waals surface area contributed by atoms with Gasteiger partial charge in [-0.1, -0.05) is 50.6 Å². The standard InChI is InChI=1S/C19H37Cl2N5S/c1-6-7-8-9-10-11-14-18(27-5)23-16(22-15-12-13-15)26(21)19(20,25-18)24-17(2,3)4/h15,24-25H,6-14H2,1-5H3,(H,22,23). The van der Waals surface area contributed by atoms with Crippen molar-refractivity contribution in [2.24, 2.45) is 4.99 Å². The summed E-state index contributed by atoms with van der Waals surface area (Å²) in [4.78, 5) is 4.39. The van der Waals surface area contributed by atoms with Crippen LogP contribution < -0.4 is 16.0 Å². The predicted octanol–water partition coefficient (Wildman–Crippen LogP) is 5.16. The van der Waals surface area contributed by atoms with Crippen LogP contribution in [0.25, 0.3) is 0 Å². The quantitative estimate of drug-likeness (QED) is 0.190. The predicted molar refractivity (Wildman–Crippen MR) is 120 cm³/mol. The van der Waals surface area contributed by atoms with E-state index in [-0.39, 0.29) is 5.54 Å². The first kappa shape index (κ1) is 23.4. The molecule has 2 rings (SSSR count). The number of aliphatic imine (C=N–C) groups is 1. The zero-order valence-electron chi connectivity index (χ0n) is 17.5. The molecule has 0 aromatic carbocycles. The normalized spacial score (nSPS) is 30.6. The Morgan fingerprint density at radius 2 is 1.85 bits per heavy atom. The van der Waals surface area contributed by atoms with Gasteiger partial charge < -0.3 is 5.32 Å². The van der Waals surface area contributed by atoms with Crippen molar-refractivity contribution in [2.45, 2.75) is 107 Å². The Balaban J connectivity index is 2.12. The minimum Gasteiger partial charge on any atom is -0.328 e. The van der Waals surface area contributed by atoms with Crippen LogP contribution >= 0.6 is 35.1 Å². The van der Waals surface area contributed by atoms with Crippen molar-refractivity contribution in [3.63, 3.8) is 0 Å². The smallest absolute Gasteiger partial charge is 0.245 e. The van der Waals surface area contributed by atoms with Gasteiger partial charge in [-0.3, -0.25) is 5.32 Å². The molecular formula is C19H37Cl2N5S. The van der Waals surface area contributed by atoms with Crippen LogP contribution in [0.1, 0.15) is 85.5 Å². The van der Waals surface area contributed by atoms with E-state index < -0.39 is 10.2 Å². The molecule has 2 aliphatic rings. The highest BCUT2D eigenvalue weighted by Crippen LogP contribution is 2.36. The minimum absolute atomic E-state index is 0.214. The van der Waals surface area contributed by atoms with Gasteiger partial charge in [0.25, 0.3) is 0 Å². The Morgan fingerprint density at radius 1 is 1.22 bits per heavy atom. The van der Waals surface area contributed by atoms with Gasteiger partial charge in [0.05, 0.1) is 6.04 Å². The fourth-order valence-corrected chi connectivity index (χ4v) is 4.79. The van der Waals surface area contributed by atoms with E-state index in [1.165, 1.54) is 36.5 Å². The largest absolute Gasteiger partial charge is 0.328 e. The average Bonchev–Trinajstić information content (AvgIpc) is 3.38. The number of nitrogens with zero attached hydrogens (tertiary/aromatic N) is 2. The monoisotopic (exact) mass is 437 g/mol. The van der Waals surface area contributed by atoms with Gasteiger partial charge in [0, 0.05) is 17.3 Å². The SMILES string of the molecule is CCCCCCCCC1(SC)NC(=NC2CC2)N(Cl)C(Cl)(NC(C)(C)C)N1. The molecule has 27 heavy (non-hydrogen) atoms. The molecule has 0 spiro atoms. The topological polar surface area (TPSA) is 51.7 Å². The Hall–Kier alpha value is 0.120. The van der Waals surface area contributed by atoms with Crippen LogP contribution in [0.5, 0.6) is 0 Å². The van der Waals surface area contributed by atoms with Crippen molar-refractivity contribution in [1.29, 1.82) is 0 Å². The van der Waals surface area contributed by atoms with Gasteiger partial charge in [-0.05, 0) is 52.7 Å². The fourth-order valence-electron chi connectivity index (χ4n) is 3.24. The van der Waals surface area contributed by atoms with Crippen LogP contribution in [0.15, 0.2) is 4.99 Å².